The van der Waals surface area contributed by atoms with Crippen LogP contribution in [0.1, 0.15) is 12.5 Å². The Labute approximate surface area is 170 Å². The van der Waals surface area contributed by atoms with Crippen LogP contribution in [0.3, 0.4) is 0 Å². The number of ether oxygens (including phenoxy) is 1. The second-order valence-corrected chi connectivity index (χ2v) is 6.34. The van der Waals surface area contributed by atoms with E-state index in [1.54, 1.807) is 37.3 Å². The van der Waals surface area contributed by atoms with Crippen LogP contribution in [-0.4, -0.2) is 30.0 Å². The molecule has 0 saturated heterocycles. The lowest BCUT2D eigenvalue weighted by atomic mass is 10.1. The topological polar surface area (TPSA) is 123 Å². The highest BCUT2D eigenvalue weighted by Crippen LogP contribution is 2.25. The highest BCUT2D eigenvalue weighted by molar-refractivity contribution is 6.42. The first-order valence-electron chi connectivity index (χ1n) is 7.88. The third kappa shape index (κ3) is 6.26. The smallest absolute Gasteiger partial charge is 0.329 e. The number of hydrazone groups is 1. The lowest BCUT2D eigenvalue weighted by Crippen LogP contribution is -2.33. The molecule has 2 rings (SSSR count). The summed E-state index contributed by atoms with van der Waals surface area (Å²) in [6.07, 6.45) is 0. The number of nitrogens with zero attached hydrogens (tertiary/aromatic N) is 1. The van der Waals surface area contributed by atoms with Crippen molar-refractivity contribution in [3.8, 4) is 5.75 Å². The minimum atomic E-state index is -0.975. The summed E-state index contributed by atoms with van der Waals surface area (Å²) >= 11 is 11.8. The molecule has 0 aliphatic heterocycles. The van der Waals surface area contributed by atoms with Crippen LogP contribution in [0.15, 0.2) is 47.6 Å². The Kier molecular flexibility index (Phi) is 7.36. The summed E-state index contributed by atoms with van der Waals surface area (Å²) in [6, 6.07) is 11.1. The molecule has 0 aliphatic carbocycles. The van der Waals surface area contributed by atoms with Gasteiger partial charge in [-0.15, -0.1) is 0 Å². The Bertz CT molecular complexity index is 930. The van der Waals surface area contributed by atoms with E-state index in [0.717, 1.165) is 0 Å². The molecule has 10 heteroatoms. The van der Waals surface area contributed by atoms with E-state index in [4.69, 9.17) is 33.7 Å². The Morgan fingerprint density at radius 1 is 1.07 bits per heavy atom. The second kappa shape index (κ2) is 9.72. The summed E-state index contributed by atoms with van der Waals surface area (Å²) in [5.41, 5.74) is 8.49. The van der Waals surface area contributed by atoms with Gasteiger partial charge in [0, 0.05) is 5.02 Å². The fourth-order valence-corrected chi connectivity index (χ4v) is 2.31. The molecule has 0 aliphatic rings. The van der Waals surface area contributed by atoms with Crippen LogP contribution in [0.5, 0.6) is 5.75 Å². The first kappa shape index (κ1) is 21.2. The van der Waals surface area contributed by atoms with E-state index in [1.165, 1.54) is 12.1 Å². The predicted molar refractivity (Wildman–Crippen MR) is 107 cm³/mol. The quantitative estimate of drug-likeness (QED) is 0.375. The molecule has 0 unspecified atom stereocenters. The van der Waals surface area contributed by atoms with Gasteiger partial charge in [0.05, 0.1) is 16.4 Å². The van der Waals surface area contributed by atoms with Crippen LogP contribution >= 0.6 is 23.2 Å². The number of hydrogen-bond donors (Lipinski definition) is 3. The molecule has 8 nitrogen and oxygen atoms in total. The molecule has 0 spiro atoms. The number of hydrogen-bond acceptors (Lipinski definition) is 5. The summed E-state index contributed by atoms with van der Waals surface area (Å²) in [6.45, 7) is 1.42. The maximum absolute atomic E-state index is 11.9. The molecule has 0 bridgehead atoms. The van der Waals surface area contributed by atoms with Crippen LogP contribution in [0, 0.1) is 0 Å². The first-order valence-corrected chi connectivity index (χ1v) is 8.64. The number of primary amides is 1. The Morgan fingerprint density at radius 2 is 1.75 bits per heavy atom. The molecule has 0 atom stereocenters. The van der Waals surface area contributed by atoms with Gasteiger partial charge in [-0.05, 0) is 55.0 Å². The van der Waals surface area contributed by atoms with E-state index in [9.17, 15) is 14.4 Å². The van der Waals surface area contributed by atoms with Crippen molar-refractivity contribution < 1.29 is 19.1 Å². The van der Waals surface area contributed by atoms with Gasteiger partial charge in [0.25, 0.3) is 5.91 Å². The number of benzene rings is 2. The van der Waals surface area contributed by atoms with Gasteiger partial charge in [0.1, 0.15) is 5.75 Å². The molecule has 3 amide bonds. The minimum Gasteiger partial charge on any atom is -0.484 e. The largest absolute Gasteiger partial charge is 0.484 e. The summed E-state index contributed by atoms with van der Waals surface area (Å²) in [5.74, 6) is -2.05. The van der Waals surface area contributed by atoms with Crippen LogP contribution in [0.4, 0.5) is 5.69 Å². The predicted octanol–water partition coefficient (Wildman–Crippen LogP) is 2.34. The summed E-state index contributed by atoms with van der Waals surface area (Å²) in [4.78, 5) is 34.6. The van der Waals surface area contributed by atoms with Crippen molar-refractivity contribution in [2.45, 2.75) is 6.92 Å². The molecular formula is C18H16Cl2N4O4. The molecule has 0 fully saturated rings. The lowest BCUT2D eigenvalue weighted by Gasteiger charge is -2.07. The molecule has 0 aromatic heterocycles. The third-order valence-electron chi connectivity index (χ3n) is 3.36. The van der Waals surface area contributed by atoms with Crippen LogP contribution in [0.25, 0.3) is 0 Å². The molecule has 2 aromatic carbocycles. The number of carbonyl (C=O) groups is 3. The fourth-order valence-electron chi connectivity index (χ4n) is 1.97. The summed E-state index contributed by atoms with van der Waals surface area (Å²) < 4.78 is 5.15. The van der Waals surface area contributed by atoms with E-state index < -0.39 is 17.7 Å². The molecular weight excluding hydrogens is 407 g/mol. The number of rotatable bonds is 6. The number of nitrogens with one attached hydrogen (secondary N) is 2. The maximum Gasteiger partial charge on any atom is 0.329 e. The number of carbonyl (C=O) groups excluding carboxylic acids is 3. The van der Waals surface area contributed by atoms with E-state index in [2.05, 4.69) is 15.8 Å². The summed E-state index contributed by atoms with van der Waals surface area (Å²) in [7, 11) is 0. The lowest BCUT2D eigenvalue weighted by molar-refractivity contribution is -0.136. The van der Waals surface area contributed by atoms with Gasteiger partial charge in [-0.2, -0.15) is 5.10 Å². The van der Waals surface area contributed by atoms with Crippen LogP contribution in [-0.2, 0) is 14.4 Å². The normalized spacial score (nSPS) is 10.9. The van der Waals surface area contributed by atoms with Crippen molar-refractivity contribution in [3.05, 3.63) is 58.1 Å². The zero-order valence-electron chi connectivity index (χ0n) is 14.7. The van der Waals surface area contributed by atoms with E-state index in [1.807, 2.05) is 0 Å². The third-order valence-corrected chi connectivity index (χ3v) is 3.93. The van der Waals surface area contributed by atoms with Crippen molar-refractivity contribution in [1.82, 2.24) is 5.43 Å². The van der Waals surface area contributed by atoms with Crippen LogP contribution < -0.4 is 21.2 Å². The molecule has 28 heavy (non-hydrogen) atoms. The van der Waals surface area contributed by atoms with E-state index >= 15 is 0 Å². The van der Waals surface area contributed by atoms with Gasteiger partial charge in [-0.3, -0.25) is 14.4 Å². The highest BCUT2D eigenvalue weighted by atomic mass is 35.5. The number of amides is 3. The average molecular weight is 423 g/mol. The molecule has 0 heterocycles. The van der Waals surface area contributed by atoms with Gasteiger partial charge in [0.2, 0.25) is 0 Å². The van der Waals surface area contributed by atoms with Gasteiger partial charge in [-0.25, -0.2) is 5.43 Å². The number of halogens is 2. The summed E-state index contributed by atoms with van der Waals surface area (Å²) in [5, 5.41) is 6.84. The van der Waals surface area contributed by atoms with Crippen molar-refractivity contribution >= 4 is 52.3 Å². The van der Waals surface area contributed by atoms with Crippen LogP contribution in [0.2, 0.25) is 10.0 Å². The molecule has 4 N–H and O–H groups in total. The van der Waals surface area contributed by atoms with Crippen molar-refractivity contribution in [2.24, 2.45) is 10.8 Å². The van der Waals surface area contributed by atoms with Crippen molar-refractivity contribution in [3.63, 3.8) is 0 Å². The maximum atomic E-state index is 11.9. The zero-order valence-corrected chi connectivity index (χ0v) is 16.2. The van der Waals surface area contributed by atoms with Gasteiger partial charge in [-0.1, -0.05) is 23.2 Å². The number of anilines is 1. The minimum absolute atomic E-state index is 0.210. The SMILES string of the molecule is C/C(=N\NC(=O)C(=O)Nc1cc(Cl)ccc1Cl)c1ccc(OCC(N)=O)cc1. The van der Waals surface area contributed by atoms with E-state index in [-0.39, 0.29) is 17.3 Å². The van der Waals surface area contributed by atoms with Gasteiger partial charge >= 0.3 is 11.8 Å². The van der Waals surface area contributed by atoms with Crippen molar-refractivity contribution in [1.29, 1.82) is 0 Å². The highest BCUT2D eigenvalue weighted by Gasteiger charge is 2.15. The van der Waals surface area contributed by atoms with Crippen molar-refractivity contribution in [2.75, 3.05) is 11.9 Å². The van der Waals surface area contributed by atoms with Gasteiger partial charge in [0.15, 0.2) is 6.61 Å². The monoisotopic (exact) mass is 422 g/mol. The standard InChI is InChI=1S/C18H16Cl2N4O4/c1-10(11-2-5-13(6-3-11)28-9-16(21)25)23-24-18(27)17(26)22-15-8-12(19)4-7-14(15)20/h2-8H,9H2,1H3,(H2,21,25)(H,22,26)(H,24,27)/b23-10+. The van der Waals surface area contributed by atoms with Gasteiger partial charge < -0.3 is 15.8 Å². The zero-order chi connectivity index (χ0) is 20.7. The fraction of sp³-hybridized carbons (Fsp3) is 0.111. The average Bonchev–Trinajstić information content (AvgIpc) is 2.67. The molecule has 146 valence electrons. The number of nitrogens with two attached hydrogens (primary N) is 1. The Balaban J connectivity index is 1.95. The first-order chi connectivity index (χ1) is 13.3. The molecule has 0 radical (unpaired) electrons. The molecule has 0 saturated carbocycles. The van der Waals surface area contributed by atoms with E-state index in [0.29, 0.717) is 22.0 Å². The molecule has 2 aromatic rings. The Hall–Kier alpha value is -3.10. The second-order valence-electron chi connectivity index (χ2n) is 5.50. The Morgan fingerprint density at radius 3 is 2.39 bits per heavy atom.